The number of hydrogen-bond donors (Lipinski definition) is 1. The van der Waals surface area contributed by atoms with Crippen LogP contribution >= 0.6 is 11.6 Å². The van der Waals surface area contributed by atoms with Gasteiger partial charge in [-0.2, -0.15) is 0 Å². The molecule has 0 saturated heterocycles. The van der Waals surface area contributed by atoms with Gasteiger partial charge in [0.05, 0.1) is 21.2 Å². The minimum Gasteiger partial charge on any atom is -0.320 e. The van der Waals surface area contributed by atoms with Gasteiger partial charge < -0.3 is 4.90 Å². The number of rotatable bonds is 10. The number of halogens is 1. The normalized spacial score (nSPS) is 12.8. The van der Waals surface area contributed by atoms with Crippen molar-refractivity contribution in [2.24, 2.45) is 0 Å². The van der Waals surface area contributed by atoms with Gasteiger partial charge in [-0.25, -0.2) is 17.9 Å². The molecule has 8 nitrogen and oxygen atoms in total. The Hall–Kier alpha value is -4.47. The maximum Gasteiger partial charge on any atom is 0.324 e. The summed E-state index contributed by atoms with van der Waals surface area (Å²) in [5, 5.41) is 0.147. The first-order chi connectivity index (χ1) is 21.7. The predicted octanol–water partition coefficient (Wildman–Crippen LogP) is 7.33. The van der Waals surface area contributed by atoms with Crippen LogP contribution in [0.2, 0.25) is 5.02 Å². The number of nitrogens with one attached hydrogen (secondary N) is 1. The number of urea groups is 1. The molecule has 1 heterocycles. The largest absolute Gasteiger partial charge is 0.324 e. The van der Waals surface area contributed by atoms with Crippen molar-refractivity contribution in [3.63, 3.8) is 0 Å². The van der Waals surface area contributed by atoms with E-state index in [1.165, 1.54) is 18.2 Å². The number of carbonyl (C=O) groups excluding carboxylic acids is 3. The van der Waals surface area contributed by atoms with Crippen molar-refractivity contribution in [2.75, 3.05) is 18.0 Å². The molecule has 0 spiro atoms. The molecule has 0 aromatic heterocycles. The predicted molar refractivity (Wildman–Crippen MR) is 176 cm³/mol. The second-order valence-electron chi connectivity index (χ2n) is 10.9. The smallest absolute Gasteiger partial charge is 0.320 e. The number of unbranched alkanes of at least 4 members (excludes halogenated alkanes) is 2. The summed E-state index contributed by atoms with van der Waals surface area (Å²) in [6.07, 6.45) is 3.12. The van der Waals surface area contributed by atoms with E-state index < -0.39 is 15.9 Å². The summed E-state index contributed by atoms with van der Waals surface area (Å²) in [4.78, 5) is 42.5. The van der Waals surface area contributed by atoms with Crippen molar-refractivity contribution in [3.05, 3.63) is 119 Å². The number of carbonyl (C=O) groups is 3. The van der Waals surface area contributed by atoms with Crippen LogP contribution in [0.4, 0.5) is 10.5 Å². The van der Waals surface area contributed by atoms with Crippen LogP contribution in [0.15, 0.2) is 102 Å². The molecular formula is C35H34ClN3O5S. The summed E-state index contributed by atoms with van der Waals surface area (Å²) in [5.74, 6) is -0.784. The van der Waals surface area contributed by atoms with Crippen LogP contribution in [0, 0.1) is 0 Å². The molecule has 0 aliphatic carbocycles. The van der Waals surface area contributed by atoms with E-state index in [2.05, 4.69) is 11.6 Å². The van der Waals surface area contributed by atoms with Crippen molar-refractivity contribution in [1.82, 2.24) is 9.62 Å². The highest BCUT2D eigenvalue weighted by molar-refractivity contribution is 7.90. The fraction of sp³-hybridized carbons (Fsp3) is 0.229. The Kier molecular flexibility index (Phi) is 10.0. The van der Waals surface area contributed by atoms with Gasteiger partial charge in [0.2, 0.25) is 0 Å². The van der Waals surface area contributed by atoms with E-state index in [1.54, 1.807) is 46.2 Å². The van der Waals surface area contributed by atoms with Gasteiger partial charge in [0.25, 0.3) is 15.9 Å². The van der Waals surface area contributed by atoms with Crippen LogP contribution in [0.1, 0.15) is 58.9 Å². The number of Topliss-reactive ketones (excluding diaryl/α,β-unsaturated/α-hetero) is 1. The van der Waals surface area contributed by atoms with Gasteiger partial charge in [-0.1, -0.05) is 98.1 Å². The zero-order valence-electron chi connectivity index (χ0n) is 24.9. The molecule has 232 valence electrons. The number of fused-ring (bicyclic) bond motifs is 1. The SMILES string of the molecule is CCCCCN(Cc1ccc(-c2ccccc2S(=O)(=O)NC(=O)c2ccccc2Cl)cc1)C(=O)N1CCC(=O)c2ccccc21. The summed E-state index contributed by atoms with van der Waals surface area (Å²) in [5.41, 5.74) is 3.19. The van der Waals surface area contributed by atoms with Gasteiger partial charge in [-0.15, -0.1) is 0 Å². The van der Waals surface area contributed by atoms with Crippen LogP contribution in [-0.2, 0) is 16.6 Å². The molecule has 1 aliphatic rings. The summed E-state index contributed by atoms with van der Waals surface area (Å²) >= 11 is 6.10. The lowest BCUT2D eigenvalue weighted by atomic mass is 10.0. The molecule has 3 amide bonds. The van der Waals surface area contributed by atoms with Gasteiger partial charge >= 0.3 is 6.03 Å². The Morgan fingerprint density at radius 2 is 1.53 bits per heavy atom. The lowest BCUT2D eigenvalue weighted by Gasteiger charge is -2.34. The first-order valence-electron chi connectivity index (χ1n) is 14.9. The lowest BCUT2D eigenvalue weighted by Crippen LogP contribution is -2.46. The average Bonchev–Trinajstić information content (AvgIpc) is 3.05. The molecule has 0 fully saturated rings. The molecule has 5 rings (SSSR count). The molecule has 45 heavy (non-hydrogen) atoms. The molecule has 0 unspecified atom stereocenters. The van der Waals surface area contributed by atoms with Crippen LogP contribution in [0.25, 0.3) is 11.1 Å². The number of sulfonamides is 1. The van der Waals surface area contributed by atoms with Crippen molar-refractivity contribution >= 4 is 45.0 Å². The maximum atomic E-state index is 13.9. The van der Waals surface area contributed by atoms with Gasteiger partial charge in [0, 0.05) is 37.2 Å². The average molecular weight is 644 g/mol. The standard InChI is InChI=1S/C35H34ClN3O5S/c1-2-3-10-22-38(35(42)39-23-21-32(40)29-13-5-8-15-31(29)39)24-25-17-19-26(20-18-25)27-11-6-9-16-33(27)45(43,44)37-34(41)28-12-4-7-14-30(28)36/h4-9,11-20H,2-3,10,21-24H2,1H3,(H,37,41). The molecule has 10 heteroatoms. The summed E-state index contributed by atoms with van der Waals surface area (Å²) in [7, 11) is -4.24. The van der Waals surface area contributed by atoms with Crippen molar-refractivity contribution in [1.29, 1.82) is 0 Å². The van der Waals surface area contributed by atoms with Crippen LogP contribution < -0.4 is 9.62 Å². The van der Waals surface area contributed by atoms with Crippen LogP contribution in [0.3, 0.4) is 0 Å². The zero-order valence-corrected chi connectivity index (χ0v) is 26.5. The van der Waals surface area contributed by atoms with Gasteiger partial charge in [-0.05, 0) is 47.9 Å². The maximum absolute atomic E-state index is 13.9. The monoisotopic (exact) mass is 643 g/mol. The molecule has 0 bridgehead atoms. The summed E-state index contributed by atoms with van der Waals surface area (Å²) in [6, 6.07) is 27.1. The van der Waals surface area contributed by atoms with E-state index in [-0.39, 0.29) is 33.7 Å². The van der Waals surface area contributed by atoms with E-state index in [4.69, 9.17) is 11.6 Å². The molecule has 1 aliphatic heterocycles. The summed E-state index contributed by atoms with van der Waals surface area (Å²) < 4.78 is 28.8. The summed E-state index contributed by atoms with van der Waals surface area (Å²) in [6.45, 7) is 3.35. The third kappa shape index (κ3) is 7.27. The van der Waals surface area contributed by atoms with Gasteiger partial charge in [-0.3, -0.25) is 14.5 Å². The number of nitrogens with zero attached hydrogens (tertiary/aromatic N) is 2. The van der Waals surface area contributed by atoms with Crippen LogP contribution in [-0.4, -0.2) is 44.1 Å². The first-order valence-corrected chi connectivity index (χ1v) is 16.7. The third-order valence-electron chi connectivity index (χ3n) is 7.75. The van der Waals surface area contributed by atoms with E-state index >= 15 is 0 Å². The van der Waals surface area contributed by atoms with Crippen molar-refractivity contribution in [2.45, 2.75) is 44.0 Å². The first kappa shape index (κ1) is 31.9. The number of benzene rings is 4. The van der Waals surface area contributed by atoms with Gasteiger partial charge in [0.15, 0.2) is 5.78 Å². The highest BCUT2D eigenvalue weighted by Gasteiger charge is 2.30. The van der Waals surface area contributed by atoms with E-state index in [9.17, 15) is 22.8 Å². The lowest BCUT2D eigenvalue weighted by molar-refractivity contribution is 0.0972. The van der Waals surface area contributed by atoms with E-state index in [0.29, 0.717) is 42.0 Å². The molecular weight excluding hydrogens is 610 g/mol. The number of ketones is 1. The van der Waals surface area contributed by atoms with Gasteiger partial charge in [0.1, 0.15) is 0 Å². The third-order valence-corrected chi connectivity index (χ3v) is 9.47. The van der Waals surface area contributed by atoms with Crippen molar-refractivity contribution in [3.8, 4) is 11.1 Å². The van der Waals surface area contributed by atoms with Crippen molar-refractivity contribution < 1.29 is 22.8 Å². The molecule has 4 aromatic carbocycles. The Bertz CT molecular complexity index is 1830. The minimum absolute atomic E-state index is 0.0356. The highest BCUT2D eigenvalue weighted by atomic mass is 35.5. The van der Waals surface area contributed by atoms with E-state index in [0.717, 1.165) is 24.8 Å². The Labute approximate surface area is 268 Å². The second-order valence-corrected chi connectivity index (χ2v) is 12.9. The Morgan fingerprint density at radius 3 is 2.27 bits per heavy atom. The molecule has 0 radical (unpaired) electrons. The fourth-order valence-corrected chi connectivity index (χ4v) is 6.82. The minimum atomic E-state index is -4.24. The number of amides is 3. The molecule has 4 aromatic rings. The zero-order chi connectivity index (χ0) is 32.0. The molecule has 0 saturated carbocycles. The van der Waals surface area contributed by atoms with Crippen LogP contribution in [0.5, 0.6) is 0 Å². The molecule has 0 atom stereocenters. The quantitative estimate of drug-likeness (QED) is 0.182. The Balaban J connectivity index is 1.37. The second kappa shape index (κ2) is 14.1. The molecule has 1 N–H and O–H groups in total. The number of para-hydroxylation sites is 1. The van der Waals surface area contributed by atoms with E-state index in [1.807, 2.05) is 42.5 Å². The fourth-order valence-electron chi connectivity index (χ4n) is 5.40. The number of hydrogen-bond acceptors (Lipinski definition) is 5. The highest BCUT2D eigenvalue weighted by Crippen LogP contribution is 2.30. The Morgan fingerprint density at radius 1 is 0.867 bits per heavy atom. The number of anilines is 1. The topological polar surface area (TPSA) is 104 Å².